The van der Waals surface area contributed by atoms with Gasteiger partial charge in [0.1, 0.15) is 11.4 Å². The molecule has 3 aromatic heterocycles. The molecule has 0 atom stereocenters. The summed E-state index contributed by atoms with van der Waals surface area (Å²) in [6.07, 6.45) is 1.54. The zero-order valence-corrected chi connectivity index (χ0v) is 16.4. The van der Waals surface area contributed by atoms with Crippen molar-refractivity contribution in [1.29, 1.82) is 0 Å². The minimum Gasteiger partial charge on any atom is -0.419 e. The second-order valence-corrected chi connectivity index (χ2v) is 7.65. The van der Waals surface area contributed by atoms with Gasteiger partial charge in [-0.2, -0.15) is 0 Å². The molecule has 142 valence electrons. The molecule has 0 saturated heterocycles. The van der Waals surface area contributed by atoms with Crippen molar-refractivity contribution in [3.63, 3.8) is 0 Å². The van der Waals surface area contributed by atoms with Gasteiger partial charge in [-0.05, 0) is 30.2 Å². The molecule has 2 aromatic carbocycles. The molecule has 0 amide bonds. The lowest BCUT2D eigenvalue weighted by Crippen LogP contribution is -2.21. The molecule has 0 aliphatic rings. The van der Waals surface area contributed by atoms with Crippen LogP contribution < -0.4 is 5.56 Å². The number of rotatable bonds is 4. The van der Waals surface area contributed by atoms with Crippen molar-refractivity contribution in [2.45, 2.75) is 13.5 Å². The Morgan fingerprint density at radius 3 is 2.38 bits per heavy atom. The van der Waals surface area contributed by atoms with E-state index in [4.69, 9.17) is 4.42 Å². The number of hydrogen-bond donors (Lipinski definition) is 0. The van der Waals surface area contributed by atoms with E-state index in [1.54, 1.807) is 6.33 Å². The van der Waals surface area contributed by atoms with Gasteiger partial charge < -0.3 is 4.42 Å². The minimum absolute atomic E-state index is 0.106. The third kappa shape index (κ3) is 3.15. The molecule has 0 fully saturated rings. The van der Waals surface area contributed by atoms with Gasteiger partial charge in [0.2, 0.25) is 11.8 Å². The van der Waals surface area contributed by atoms with E-state index in [1.807, 2.05) is 67.6 Å². The Hall–Kier alpha value is -3.58. The van der Waals surface area contributed by atoms with Crippen LogP contribution in [0.2, 0.25) is 0 Å². The van der Waals surface area contributed by atoms with Crippen LogP contribution in [0.4, 0.5) is 0 Å². The Labute approximate surface area is 170 Å². The first-order chi connectivity index (χ1) is 14.2. The highest BCUT2D eigenvalue weighted by atomic mass is 32.1. The van der Waals surface area contributed by atoms with E-state index in [1.165, 1.54) is 15.9 Å². The van der Waals surface area contributed by atoms with Gasteiger partial charge in [0.15, 0.2) is 0 Å². The summed E-state index contributed by atoms with van der Waals surface area (Å²) in [5, 5.41) is 8.81. The normalized spacial score (nSPS) is 11.2. The predicted molar refractivity (Wildman–Crippen MR) is 113 cm³/mol. The van der Waals surface area contributed by atoms with Crippen molar-refractivity contribution >= 4 is 21.6 Å². The fraction of sp³-hybridized carbons (Fsp3) is 0.0909. The third-order valence-corrected chi connectivity index (χ3v) is 6.00. The van der Waals surface area contributed by atoms with Crippen LogP contribution in [-0.2, 0) is 6.54 Å². The fourth-order valence-corrected chi connectivity index (χ4v) is 4.44. The highest BCUT2D eigenvalue weighted by molar-refractivity contribution is 7.22. The fourth-order valence-electron chi connectivity index (χ4n) is 3.30. The third-order valence-electron chi connectivity index (χ3n) is 4.75. The lowest BCUT2D eigenvalue weighted by molar-refractivity contribution is 0.483. The first-order valence-electron chi connectivity index (χ1n) is 9.12. The van der Waals surface area contributed by atoms with Crippen molar-refractivity contribution in [2.75, 3.05) is 0 Å². The van der Waals surface area contributed by atoms with Gasteiger partial charge in [-0.1, -0.05) is 48.5 Å². The van der Waals surface area contributed by atoms with E-state index in [0.29, 0.717) is 17.2 Å². The zero-order valence-electron chi connectivity index (χ0n) is 15.6. The first-order valence-corrected chi connectivity index (χ1v) is 9.94. The molecular formula is C22H16N4O2S. The zero-order chi connectivity index (χ0) is 19.8. The Morgan fingerprint density at radius 1 is 0.966 bits per heavy atom. The number of nitrogens with zero attached hydrogens (tertiary/aromatic N) is 4. The summed E-state index contributed by atoms with van der Waals surface area (Å²) in [7, 11) is 0. The SMILES string of the molecule is Cc1c(-c2ccccc2)sc2ncn(Cc3nnc(-c4ccccc4)o3)c(=O)c12. The van der Waals surface area contributed by atoms with Gasteiger partial charge in [-0.3, -0.25) is 9.36 Å². The Balaban J connectivity index is 1.52. The molecule has 6 nitrogen and oxygen atoms in total. The number of aromatic nitrogens is 4. The molecule has 0 spiro atoms. The van der Waals surface area contributed by atoms with E-state index < -0.39 is 0 Å². The minimum atomic E-state index is -0.106. The predicted octanol–water partition coefficient (Wildman–Crippen LogP) is 4.53. The monoisotopic (exact) mass is 400 g/mol. The van der Waals surface area contributed by atoms with Crippen molar-refractivity contribution in [3.05, 3.63) is 88.8 Å². The molecular weight excluding hydrogens is 384 g/mol. The number of thiophene rings is 1. The Kier molecular flexibility index (Phi) is 4.29. The van der Waals surface area contributed by atoms with Crippen LogP contribution >= 0.6 is 11.3 Å². The van der Waals surface area contributed by atoms with Crippen molar-refractivity contribution < 1.29 is 4.42 Å². The summed E-state index contributed by atoms with van der Waals surface area (Å²) < 4.78 is 7.25. The first kappa shape index (κ1) is 17.5. The number of benzene rings is 2. The molecule has 0 unspecified atom stereocenters. The van der Waals surface area contributed by atoms with Crippen LogP contribution in [0.1, 0.15) is 11.5 Å². The largest absolute Gasteiger partial charge is 0.419 e. The van der Waals surface area contributed by atoms with Crippen LogP contribution in [0.3, 0.4) is 0 Å². The standard InChI is InChI=1S/C22H16N4O2S/c1-14-18-21(29-19(14)15-8-4-2-5-9-15)23-13-26(22(18)27)12-17-24-25-20(28-17)16-10-6-3-7-11-16/h2-11,13H,12H2,1H3. The molecule has 29 heavy (non-hydrogen) atoms. The van der Waals surface area contributed by atoms with Crippen LogP contribution in [-0.4, -0.2) is 19.7 Å². The molecule has 5 aromatic rings. The van der Waals surface area contributed by atoms with Crippen molar-refractivity contribution in [1.82, 2.24) is 19.7 Å². The average molecular weight is 400 g/mol. The molecule has 0 N–H and O–H groups in total. The molecule has 7 heteroatoms. The average Bonchev–Trinajstić information content (AvgIpc) is 3.36. The van der Waals surface area contributed by atoms with E-state index in [-0.39, 0.29) is 12.1 Å². The molecule has 0 aliphatic heterocycles. The van der Waals surface area contributed by atoms with E-state index in [0.717, 1.165) is 26.4 Å². The van der Waals surface area contributed by atoms with E-state index in [2.05, 4.69) is 15.2 Å². The lowest BCUT2D eigenvalue weighted by Gasteiger charge is -2.02. The summed E-state index contributed by atoms with van der Waals surface area (Å²) in [5.41, 5.74) is 2.76. The summed E-state index contributed by atoms with van der Waals surface area (Å²) in [6, 6.07) is 19.6. The highest BCUT2D eigenvalue weighted by Crippen LogP contribution is 2.35. The Bertz CT molecular complexity index is 1350. The summed E-state index contributed by atoms with van der Waals surface area (Å²) in [5.74, 6) is 0.795. The lowest BCUT2D eigenvalue weighted by atomic mass is 10.1. The summed E-state index contributed by atoms with van der Waals surface area (Å²) >= 11 is 1.53. The topological polar surface area (TPSA) is 73.8 Å². The molecule has 0 saturated carbocycles. The van der Waals surface area contributed by atoms with Crippen LogP contribution in [0.15, 0.2) is 76.2 Å². The van der Waals surface area contributed by atoms with Crippen molar-refractivity contribution in [3.8, 4) is 21.9 Å². The maximum atomic E-state index is 13.1. The van der Waals surface area contributed by atoms with Gasteiger partial charge in [0, 0.05) is 10.4 Å². The number of fused-ring (bicyclic) bond motifs is 1. The maximum absolute atomic E-state index is 13.1. The van der Waals surface area contributed by atoms with Crippen LogP contribution in [0, 0.1) is 6.92 Å². The molecule has 0 radical (unpaired) electrons. The maximum Gasteiger partial charge on any atom is 0.262 e. The smallest absolute Gasteiger partial charge is 0.262 e. The van der Waals surface area contributed by atoms with E-state index in [9.17, 15) is 4.79 Å². The van der Waals surface area contributed by atoms with E-state index >= 15 is 0 Å². The molecule has 5 rings (SSSR count). The van der Waals surface area contributed by atoms with Crippen molar-refractivity contribution in [2.24, 2.45) is 0 Å². The quantitative estimate of drug-likeness (QED) is 0.443. The van der Waals surface area contributed by atoms with Gasteiger partial charge >= 0.3 is 0 Å². The second kappa shape index (κ2) is 7.10. The van der Waals surface area contributed by atoms with Crippen LogP contribution in [0.25, 0.3) is 32.1 Å². The van der Waals surface area contributed by atoms with Gasteiger partial charge in [0.05, 0.1) is 11.7 Å². The number of hydrogen-bond acceptors (Lipinski definition) is 6. The molecule has 3 heterocycles. The summed E-state index contributed by atoms with van der Waals surface area (Å²) in [6.45, 7) is 2.15. The second-order valence-electron chi connectivity index (χ2n) is 6.65. The molecule has 0 aliphatic carbocycles. The van der Waals surface area contributed by atoms with Gasteiger partial charge in [-0.25, -0.2) is 4.98 Å². The number of aryl methyl sites for hydroxylation is 1. The van der Waals surface area contributed by atoms with Gasteiger partial charge in [0.25, 0.3) is 5.56 Å². The molecule has 0 bridgehead atoms. The summed E-state index contributed by atoms with van der Waals surface area (Å²) in [4.78, 5) is 19.4. The van der Waals surface area contributed by atoms with Crippen LogP contribution in [0.5, 0.6) is 0 Å². The highest BCUT2D eigenvalue weighted by Gasteiger charge is 2.17. The van der Waals surface area contributed by atoms with Gasteiger partial charge in [-0.15, -0.1) is 21.5 Å². The Morgan fingerprint density at radius 2 is 1.66 bits per heavy atom.